The number of ketones is 1. The first-order chi connectivity index (χ1) is 20.1. The summed E-state index contributed by atoms with van der Waals surface area (Å²) in [5.41, 5.74) is 5.55. The van der Waals surface area contributed by atoms with Crippen LogP contribution in [0, 0.1) is 10.1 Å². The van der Waals surface area contributed by atoms with Gasteiger partial charge in [-0.05, 0) is 53.0 Å². The van der Waals surface area contributed by atoms with Crippen molar-refractivity contribution in [3.63, 3.8) is 0 Å². The van der Waals surface area contributed by atoms with Crippen molar-refractivity contribution in [1.29, 1.82) is 0 Å². The molecule has 0 aromatic heterocycles. The van der Waals surface area contributed by atoms with E-state index in [0.717, 1.165) is 36.2 Å². The second kappa shape index (κ2) is 11.9. The van der Waals surface area contributed by atoms with E-state index in [9.17, 15) is 19.7 Å². The number of para-hydroxylation sites is 2. The van der Waals surface area contributed by atoms with E-state index < -0.39 is 11.0 Å². The molecule has 7 nitrogen and oxygen atoms in total. The largest absolute Gasteiger partial charge is 0.357 e. The average Bonchev–Trinajstić information content (AvgIpc) is 3.11. The zero-order valence-electron chi connectivity index (χ0n) is 24.9. The maximum Gasteiger partial charge on any atom is 0.269 e. The van der Waals surface area contributed by atoms with Crippen LogP contribution < -0.4 is 10.2 Å². The van der Waals surface area contributed by atoms with Crippen molar-refractivity contribution in [2.24, 2.45) is 0 Å². The molecule has 0 saturated heterocycles. The van der Waals surface area contributed by atoms with Crippen LogP contribution in [-0.4, -0.2) is 16.6 Å². The number of Topliss-reactive ketones (excluding diaryl/α,β-unsaturated/α-hetero) is 1. The number of anilines is 2. The van der Waals surface area contributed by atoms with Crippen LogP contribution in [0.5, 0.6) is 0 Å². The number of nitro groups is 1. The molecular formula is C35H39N3O4. The highest BCUT2D eigenvalue weighted by Crippen LogP contribution is 2.48. The molecule has 1 N–H and O–H groups in total. The van der Waals surface area contributed by atoms with E-state index in [1.165, 1.54) is 17.7 Å². The molecule has 2 atom stereocenters. The Hall–Kier alpha value is -4.26. The predicted molar refractivity (Wildman–Crippen MR) is 167 cm³/mol. The number of fused-ring (bicyclic) bond motifs is 1. The Labute approximate surface area is 247 Å². The predicted octanol–water partition coefficient (Wildman–Crippen LogP) is 8.37. The van der Waals surface area contributed by atoms with Gasteiger partial charge in [-0.15, -0.1) is 0 Å². The summed E-state index contributed by atoms with van der Waals surface area (Å²) < 4.78 is 0. The zero-order chi connectivity index (χ0) is 30.0. The molecule has 42 heavy (non-hydrogen) atoms. The maximum absolute atomic E-state index is 14.2. The minimum absolute atomic E-state index is 0.0255. The Morgan fingerprint density at radius 3 is 2.40 bits per heavy atom. The number of nitrogens with one attached hydrogen (secondary N) is 1. The van der Waals surface area contributed by atoms with Crippen LogP contribution in [0.3, 0.4) is 0 Å². The van der Waals surface area contributed by atoms with E-state index in [2.05, 4.69) is 57.3 Å². The lowest BCUT2D eigenvalue weighted by Gasteiger charge is -2.35. The number of unbranched alkanes of at least 4 members (excludes halogenated alkanes) is 2. The van der Waals surface area contributed by atoms with Crippen LogP contribution in [0.15, 0.2) is 84.1 Å². The van der Waals surface area contributed by atoms with Gasteiger partial charge in [0.2, 0.25) is 5.91 Å². The molecule has 0 fully saturated rings. The van der Waals surface area contributed by atoms with Crippen molar-refractivity contribution in [1.82, 2.24) is 0 Å². The van der Waals surface area contributed by atoms with Crippen molar-refractivity contribution < 1.29 is 14.5 Å². The second-order valence-corrected chi connectivity index (χ2v) is 12.4. The van der Waals surface area contributed by atoms with E-state index in [1.807, 2.05) is 24.3 Å². The third-order valence-electron chi connectivity index (χ3n) is 8.40. The third kappa shape index (κ3) is 5.87. The SMILES string of the molecule is CCCCCC(=O)N1c2ccccc2NC2=C(C(=O)C[C@H](c3ccc(C(C)(C)C)cc3)C2)[C@H]1c1cccc([N+](=O)[O-])c1. The van der Waals surface area contributed by atoms with Gasteiger partial charge in [0.25, 0.3) is 5.69 Å². The molecule has 1 heterocycles. The maximum atomic E-state index is 14.2. The second-order valence-electron chi connectivity index (χ2n) is 12.4. The summed E-state index contributed by atoms with van der Waals surface area (Å²) in [7, 11) is 0. The fourth-order valence-electron chi connectivity index (χ4n) is 6.13. The molecule has 0 bridgehead atoms. The number of carbonyl (C=O) groups is 2. The van der Waals surface area contributed by atoms with Gasteiger partial charge in [0.1, 0.15) is 0 Å². The lowest BCUT2D eigenvalue weighted by molar-refractivity contribution is -0.384. The van der Waals surface area contributed by atoms with Crippen LogP contribution in [0.4, 0.5) is 17.1 Å². The van der Waals surface area contributed by atoms with Crippen molar-refractivity contribution in [3.8, 4) is 0 Å². The van der Waals surface area contributed by atoms with Gasteiger partial charge in [-0.2, -0.15) is 0 Å². The molecule has 0 spiro atoms. The Bertz CT molecular complexity index is 1530. The first kappa shape index (κ1) is 29.2. The molecule has 1 amide bonds. The number of nitrogens with zero attached hydrogens (tertiary/aromatic N) is 2. The number of benzene rings is 3. The molecule has 3 aromatic rings. The molecule has 1 aliphatic carbocycles. The molecule has 0 saturated carbocycles. The number of hydrogen-bond donors (Lipinski definition) is 1. The first-order valence-corrected chi connectivity index (χ1v) is 14.9. The van der Waals surface area contributed by atoms with Crippen LogP contribution in [0.2, 0.25) is 0 Å². The van der Waals surface area contributed by atoms with Gasteiger partial charge < -0.3 is 5.32 Å². The summed E-state index contributed by atoms with van der Waals surface area (Å²) in [5, 5.41) is 15.3. The molecule has 0 unspecified atom stereocenters. The molecule has 7 heteroatoms. The van der Waals surface area contributed by atoms with E-state index >= 15 is 0 Å². The quantitative estimate of drug-likeness (QED) is 0.176. The van der Waals surface area contributed by atoms with Gasteiger partial charge in [-0.25, -0.2) is 0 Å². The Morgan fingerprint density at radius 2 is 1.71 bits per heavy atom. The van der Waals surface area contributed by atoms with E-state index in [4.69, 9.17) is 0 Å². The Kier molecular flexibility index (Phi) is 8.30. The molecule has 3 aromatic carbocycles. The molecule has 0 radical (unpaired) electrons. The van der Waals surface area contributed by atoms with E-state index in [-0.39, 0.29) is 28.7 Å². The topological polar surface area (TPSA) is 92.6 Å². The lowest BCUT2D eigenvalue weighted by atomic mass is 9.77. The highest BCUT2D eigenvalue weighted by atomic mass is 16.6. The molecule has 1 aliphatic heterocycles. The van der Waals surface area contributed by atoms with Gasteiger partial charge in [-0.3, -0.25) is 24.6 Å². The molecular weight excluding hydrogens is 526 g/mol. The minimum Gasteiger partial charge on any atom is -0.357 e. The van der Waals surface area contributed by atoms with Crippen molar-refractivity contribution in [2.75, 3.05) is 10.2 Å². The summed E-state index contributed by atoms with van der Waals surface area (Å²) in [6, 6.07) is 21.7. The van der Waals surface area contributed by atoms with Crippen molar-refractivity contribution in [3.05, 3.63) is 111 Å². The third-order valence-corrected chi connectivity index (χ3v) is 8.40. The van der Waals surface area contributed by atoms with Crippen LogP contribution in [0.1, 0.15) is 94.9 Å². The van der Waals surface area contributed by atoms with Crippen molar-refractivity contribution >= 4 is 28.8 Å². The molecule has 5 rings (SSSR count). The standard InChI is InChI=1S/C35H39N3O4/c1-5-6-7-15-32(40)37-30-14-9-8-13-28(30)36-29-21-25(23-16-18-26(19-17-23)35(2,3)4)22-31(39)33(29)34(37)24-11-10-12-27(20-24)38(41)42/h8-14,16-20,25,34,36H,5-7,15,21-22H2,1-4H3/t25-,34-/m1/s1. The zero-order valence-corrected chi connectivity index (χ0v) is 24.9. The summed E-state index contributed by atoms with van der Waals surface area (Å²) in [4.78, 5) is 41.2. The number of hydrogen-bond acceptors (Lipinski definition) is 5. The van der Waals surface area contributed by atoms with E-state index in [1.54, 1.807) is 17.0 Å². The van der Waals surface area contributed by atoms with Gasteiger partial charge in [0.05, 0.1) is 22.3 Å². The summed E-state index contributed by atoms with van der Waals surface area (Å²) in [6.45, 7) is 8.63. The first-order valence-electron chi connectivity index (χ1n) is 14.9. The normalized spacial score (nSPS) is 18.6. The molecule has 2 aliphatic rings. The van der Waals surface area contributed by atoms with Crippen LogP contribution in [-0.2, 0) is 15.0 Å². The fourth-order valence-corrected chi connectivity index (χ4v) is 6.13. The molecule has 218 valence electrons. The lowest BCUT2D eigenvalue weighted by Crippen LogP contribution is -2.38. The highest BCUT2D eigenvalue weighted by Gasteiger charge is 2.41. The smallest absolute Gasteiger partial charge is 0.269 e. The minimum atomic E-state index is -0.776. The van der Waals surface area contributed by atoms with E-state index in [0.29, 0.717) is 36.1 Å². The summed E-state index contributed by atoms with van der Waals surface area (Å²) in [6.07, 6.45) is 3.85. The monoisotopic (exact) mass is 565 g/mol. The van der Waals surface area contributed by atoms with Gasteiger partial charge in [0.15, 0.2) is 5.78 Å². The number of rotatable bonds is 7. The number of allylic oxidation sites excluding steroid dienone is 1. The Morgan fingerprint density at radius 1 is 0.976 bits per heavy atom. The van der Waals surface area contributed by atoms with Crippen molar-refractivity contribution in [2.45, 2.75) is 83.6 Å². The fraction of sp³-hybridized carbons (Fsp3) is 0.371. The van der Waals surface area contributed by atoms with Gasteiger partial charge in [-0.1, -0.05) is 89.1 Å². The van der Waals surface area contributed by atoms with Gasteiger partial charge in [0, 0.05) is 36.2 Å². The Balaban J connectivity index is 1.64. The highest BCUT2D eigenvalue weighted by molar-refractivity contribution is 6.06. The van der Waals surface area contributed by atoms with Crippen LogP contribution in [0.25, 0.3) is 0 Å². The van der Waals surface area contributed by atoms with Crippen LogP contribution >= 0.6 is 0 Å². The average molecular weight is 566 g/mol. The van der Waals surface area contributed by atoms with Gasteiger partial charge >= 0.3 is 0 Å². The number of non-ortho nitro benzene ring substituents is 1. The number of nitro benzene ring substituents is 1. The summed E-state index contributed by atoms with van der Waals surface area (Å²) in [5.74, 6) is -0.178. The number of carbonyl (C=O) groups excluding carboxylic acids is 2. The number of amides is 1. The summed E-state index contributed by atoms with van der Waals surface area (Å²) >= 11 is 0.